The first-order chi connectivity index (χ1) is 6.10. The van der Waals surface area contributed by atoms with Crippen LogP contribution in [-0.2, 0) is 0 Å². The summed E-state index contributed by atoms with van der Waals surface area (Å²) in [5.74, 6) is 1.08. The first-order valence-corrected chi connectivity index (χ1v) is 5.47. The maximum absolute atomic E-state index is 10.4. The average molecular weight is 185 g/mol. The summed E-state index contributed by atoms with van der Waals surface area (Å²) in [6, 6.07) is 0. The van der Waals surface area contributed by atoms with Crippen molar-refractivity contribution in [1.82, 2.24) is 5.32 Å². The molecule has 2 nitrogen and oxygen atoms in total. The predicted octanol–water partition coefficient (Wildman–Crippen LogP) is 1.78. The van der Waals surface area contributed by atoms with Crippen LogP contribution in [0.15, 0.2) is 0 Å². The molecule has 0 bridgehead atoms. The summed E-state index contributed by atoms with van der Waals surface area (Å²) >= 11 is 0. The molecule has 1 fully saturated rings. The molecule has 1 rings (SSSR count). The van der Waals surface area contributed by atoms with Gasteiger partial charge >= 0.3 is 0 Å². The molecule has 0 aromatic heterocycles. The molecule has 0 amide bonds. The summed E-state index contributed by atoms with van der Waals surface area (Å²) in [5, 5.41) is 13.6. The Morgan fingerprint density at radius 1 is 1.46 bits per heavy atom. The van der Waals surface area contributed by atoms with Gasteiger partial charge in [-0.3, -0.25) is 0 Å². The molecule has 78 valence electrons. The van der Waals surface area contributed by atoms with Crippen molar-refractivity contribution in [2.75, 3.05) is 13.6 Å². The highest BCUT2D eigenvalue weighted by Gasteiger charge is 2.39. The predicted molar refractivity (Wildman–Crippen MR) is 55.7 cm³/mol. The highest BCUT2D eigenvalue weighted by molar-refractivity contribution is 4.92. The van der Waals surface area contributed by atoms with Crippen LogP contribution in [0.4, 0.5) is 0 Å². The highest BCUT2D eigenvalue weighted by atomic mass is 16.3. The van der Waals surface area contributed by atoms with Crippen LogP contribution in [0.3, 0.4) is 0 Å². The fourth-order valence-corrected chi connectivity index (χ4v) is 2.73. The van der Waals surface area contributed by atoms with E-state index in [0.717, 1.165) is 13.0 Å². The molecule has 0 radical (unpaired) electrons. The van der Waals surface area contributed by atoms with Gasteiger partial charge in [-0.2, -0.15) is 0 Å². The van der Waals surface area contributed by atoms with Crippen LogP contribution in [0.2, 0.25) is 0 Å². The monoisotopic (exact) mass is 185 g/mol. The Labute approximate surface area is 81.7 Å². The van der Waals surface area contributed by atoms with Crippen molar-refractivity contribution in [3.63, 3.8) is 0 Å². The molecule has 2 unspecified atom stereocenters. The van der Waals surface area contributed by atoms with E-state index in [4.69, 9.17) is 0 Å². The molecule has 2 N–H and O–H groups in total. The summed E-state index contributed by atoms with van der Waals surface area (Å²) in [7, 11) is 1.92. The van der Waals surface area contributed by atoms with Crippen LogP contribution in [0.25, 0.3) is 0 Å². The van der Waals surface area contributed by atoms with Crippen molar-refractivity contribution in [3.8, 4) is 0 Å². The SMILES string of the molecule is CNCC1(O)CCCCC1C(C)C. The number of likely N-dealkylation sites (N-methyl/N-ethyl adjacent to an activating group) is 1. The van der Waals surface area contributed by atoms with Crippen LogP contribution in [-0.4, -0.2) is 24.3 Å². The van der Waals surface area contributed by atoms with Crippen molar-refractivity contribution in [2.45, 2.75) is 45.1 Å². The van der Waals surface area contributed by atoms with Gasteiger partial charge in [-0.25, -0.2) is 0 Å². The molecule has 0 aromatic carbocycles. The second-order valence-electron chi connectivity index (χ2n) is 4.73. The lowest BCUT2D eigenvalue weighted by atomic mass is 9.70. The number of hydrogen-bond acceptors (Lipinski definition) is 2. The molecule has 2 atom stereocenters. The summed E-state index contributed by atoms with van der Waals surface area (Å²) in [6.45, 7) is 5.18. The zero-order chi connectivity index (χ0) is 9.90. The molecule has 1 aliphatic rings. The van der Waals surface area contributed by atoms with Gasteiger partial charge in [-0.05, 0) is 31.7 Å². The van der Waals surface area contributed by atoms with Crippen molar-refractivity contribution in [1.29, 1.82) is 0 Å². The van der Waals surface area contributed by atoms with Crippen LogP contribution in [0.5, 0.6) is 0 Å². The van der Waals surface area contributed by atoms with E-state index in [-0.39, 0.29) is 0 Å². The fraction of sp³-hybridized carbons (Fsp3) is 1.00. The quantitative estimate of drug-likeness (QED) is 0.702. The lowest BCUT2D eigenvalue weighted by Crippen LogP contribution is -2.49. The third-order valence-corrected chi connectivity index (χ3v) is 3.35. The van der Waals surface area contributed by atoms with Crippen LogP contribution >= 0.6 is 0 Å². The van der Waals surface area contributed by atoms with E-state index < -0.39 is 5.60 Å². The lowest BCUT2D eigenvalue weighted by molar-refractivity contribution is -0.0627. The number of nitrogens with one attached hydrogen (secondary N) is 1. The van der Waals surface area contributed by atoms with E-state index >= 15 is 0 Å². The summed E-state index contributed by atoms with van der Waals surface area (Å²) in [5.41, 5.74) is -0.443. The Kier molecular flexibility index (Phi) is 3.74. The van der Waals surface area contributed by atoms with Crippen molar-refractivity contribution in [2.24, 2.45) is 11.8 Å². The third-order valence-electron chi connectivity index (χ3n) is 3.35. The molecule has 0 heterocycles. The zero-order valence-electron chi connectivity index (χ0n) is 9.14. The molecule has 0 aromatic rings. The first-order valence-electron chi connectivity index (χ1n) is 5.47. The van der Waals surface area contributed by atoms with Gasteiger partial charge in [0, 0.05) is 6.54 Å². The molecule has 13 heavy (non-hydrogen) atoms. The Morgan fingerprint density at radius 3 is 2.69 bits per heavy atom. The molecule has 1 aliphatic carbocycles. The number of hydrogen-bond donors (Lipinski definition) is 2. The zero-order valence-corrected chi connectivity index (χ0v) is 9.14. The van der Waals surface area contributed by atoms with Gasteiger partial charge in [0.2, 0.25) is 0 Å². The van der Waals surface area contributed by atoms with Crippen LogP contribution < -0.4 is 5.32 Å². The smallest absolute Gasteiger partial charge is 0.0801 e. The number of aliphatic hydroxyl groups is 1. The molecule has 2 heteroatoms. The molecule has 0 spiro atoms. The van der Waals surface area contributed by atoms with Crippen molar-refractivity contribution >= 4 is 0 Å². The maximum atomic E-state index is 10.4. The van der Waals surface area contributed by atoms with Crippen molar-refractivity contribution < 1.29 is 5.11 Å². The third kappa shape index (κ3) is 2.44. The van der Waals surface area contributed by atoms with Gasteiger partial charge < -0.3 is 10.4 Å². The second-order valence-corrected chi connectivity index (χ2v) is 4.73. The minimum absolute atomic E-state index is 0.443. The molecule has 0 aliphatic heterocycles. The van der Waals surface area contributed by atoms with Crippen molar-refractivity contribution in [3.05, 3.63) is 0 Å². The minimum Gasteiger partial charge on any atom is -0.388 e. The van der Waals surface area contributed by atoms with E-state index in [9.17, 15) is 5.11 Å². The standard InChI is InChI=1S/C11H23NO/c1-9(2)10-6-4-5-7-11(10,13)8-12-3/h9-10,12-13H,4-8H2,1-3H3. The number of rotatable bonds is 3. The molecule has 0 saturated heterocycles. The van der Waals surface area contributed by atoms with Crippen LogP contribution in [0, 0.1) is 11.8 Å². The summed E-state index contributed by atoms with van der Waals surface area (Å²) in [6.07, 6.45) is 4.63. The van der Waals surface area contributed by atoms with Gasteiger partial charge in [0.15, 0.2) is 0 Å². The Hall–Kier alpha value is -0.0800. The van der Waals surface area contributed by atoms with Gasteiger partial charge in [0.1, 0.15) is 0 Å². The van der Waals surface area contributed by atoms with Gasteiger partial charge in [0.25, 0.3) is 0 Å². The Morgan fingerprint density at radius 2 is 2.15 bits per heavy atom. The normalized spacial score (nSPS) is 35.3. The van der Waals surface area contributed by atoms with Gasteiger partial charge in [0.05, 0.1) is 5.60 Å². The van der Waals surface area contributed by atoms with Gasteiger partial charge in [-0.15, -0.1) is 0 Å². The first kappa shape index (κ1) is 11.0. The highest BCUT2D eigenvalue weighted by Crippen LogP contribution is 2.37. The Bertz CT molecular complexity index is 154. The van der Waals surface area contributed by atoms with Crippen LogP contribution in [0.1, 0.15) is 39.5 Å². The van der Waals surface area contributed by atoms with E-state index in [1.807, 2.05) is 7.05 Å². The largest absolute Gasteiger partial charge is 0.388 e. The van der Waals surface area contributed by atoms with E-state index in [0.29, 0.717) is 11.8 Å². The second kappa shape index (κ2) is 4.43. The maximum Gasteiger partial charge on any atom is 0.0801 e. The minimum atomic E-state index is -0.443. The average Bonchev–Trinajstić information content (AvgIpc) is 2.04. The van der Waals surface area contributed by atoms with E-state index in [2.05, 4.69) is 19.2 Å². The van der Waals surface area contributed by atoms with Gasteiger partial charge in [-0.1, -0.05) is 26.7 Å². The fourth-order valence-electron chi connectivity index (χ4n) is 2.73. The van der Waals surface area contributed by atoms with E-state index in [1.165, 1.54) is 19.3 Å². The summed E-state index contributed by atoms with van der Waals surface area (Å²) < 4.78 is 0. The molecule has 1 saturated carbocycles. The molecular formula is C11H23NO. The summed E-state index contributed by atoms with van der Waals surface area (Å²) in [4.78, 5) is 0. The van der Waals surface area contributed by atoms with E-state index in [1.54, 1.807) is 0 Å². The lowest BCUT2D eigenvalue weighted by Gasteiger charge is -2.42. The molecular weight excluding hydrogens is 162 g/mol. The topological polar surface area (TPSA) is 32.3 Å². The Balaban J connectivity index is 2.65.